The van der Waals surface area contributed by atoms with E-state index in [1.54, 1.807) is 55.5 Å². The molecule has 0 aliphatic heterocycles. The number of nitrogens with zero attached hydrogens (tertiary/aromatic N) is 2. The molecule has 0 amide bonds. The van der Waals surface area contributed by atoms with Crippen LogP contribution in [0.2, 0.25) is 10.0 Å². The van der Waals surface area contributed by atoms with E-state index in [0.29, 0.717) is 21.4 Å². The van der Waals surface area contributed by atoms with Crippen molar-refractivity contribution in [3.05, 3.63) is 110 Å². The summed E-state index contributed by atoms with van der Waals surface area (Å²) < 4.78 is 7.36. The normalized spacial score (nSPS) is 10.8. The number of rotatable bonds is 6. The highest BCUT2D eigenvalue weighted by Crippen LogP contribution is 2.27. The summed E-state index contributed by atoms with van der Waals surface area (Å²) in [5.41, 5.74) is -0.226. The van der Waals surface area contributed by atoms with Crippen LogP contribution >= 0.6 is 23.2 Å². The van der Waals surface area contributed by atoms with E-state index in [1.807, 2.05) is 0 Å². The van der Waals surface area contributed by atoms with Gasteiger partial charge in [0.25, 0.3) is 5.56 Å². The second-order valence-electron chi connectivity index (χ2n) is 7.21. The number of ether oxygens (including phenoxy) is 1. The van der Waals surface area contributed by atoms with Gasteiger partial charge in [-0.25, -0.2) is 14.2 Å². The number of esters is 1. The Morgan fingerprint density at radius 2 is 1.38 bits per heavy atom. The van der Waals surface area contributed by atoms with Crippen molar-refractivity contribution in [1.29, 1.82) is 0 Å². The first-order chi connectivity index (χ1) is 16.3. The van der Waals surface area contributed by atoms with Gasteiger partial charge in [-0.1, -0.05) is 35.3 Å². The van der Waals surface area contributed by atoms with Crippen LogP contribution in [0.5, 0.6) is 5.88 Å². The molecule has 7 nitrogen and oxygen atoms in total. The Hall–Kier alpha value is -3.81. The molecule has 1 aromatic heterocycles. The topological polar surface area (TPSA) is 90.5 Å². The van der Waals surface area contributed by atoms with Gasteiger partial charge in [0.1, 0.15) is 0 Å². The minimum atomic E-state index is -0.749. The zero-order valence-corrected chi connectivity index (χ0v) is 19.4. The van der Waals surface area contributed by atoms with Crippen molar-refractivity contribution in [1.82, 2.24) is 9.36 Å². The van der Waals surface area contributed by atoms with Gasteiger partial charge in [0.15, 0.2) is 5.56 Å². The summed E-state index contributed by atoms with van der Waals surface area (Å²) in [6, 6.07) is 18.5. The minimum Gasteiger partial charge on any atom is -0.493 e. The first kappa shape index (κ1) is 23.4. The van der Waals surface area contributed by atoms with Gasteiger partial charge in [-0.2, -0.15) is 0 Å². The molecule has 172 valence electrons. The second kappa shape index (κ2) is 9.59. The summed E-state index contributed by atoms with van der Waals surface area (Å²) in [6.45, 7) is 1.84. The monoisotopic (exact) mass is 496 g/mol. The summed E-state index contributed by atoms with van der Waals surface area (Å²) in [5, 5.41) is 12.0. The fraction of sp³-hybridized carbons (Fsp3) is 0.0800. The Morgan fingerprint density at radius 1 is 0.853 bits per heavy atom. The van der Waals surface area contributed by atoms with Gasteiger partial charge in [0, 0.05) is 15.6 Å². The van der Waals surface area contributed by atoms with Crippen LogP contribution in [0.1, 0.15) is 33.2 Å². The molecule has 4 aromatic rings. The van der Waals surface area contributed by atoms with Crippen LogP contribution in [0, 0.1) is 0 Å². The van der Waals surface area contributed by atoms with Crippen molar-refractivity contribution in [2.45, 2.75) is 6.92 Å². The van der Waals surface area contributed by atoms with E-state index in [1.165, 1.54) is 28.9 Å². The third-order valence-electron chi connectivity index (χ3n) is 5.04. The lowest BCUT2D eigenvalue weighted by molar-refractivity contribution is 0.0526. The van der Waals surface area contributed by atoms with E-state index in [2.05, 4.69) is 0 Å². The summed E-state index contributed by atoms with van der Waals surface area (Å²) in [6.07, 6.45) is 0. The average molecular weight is 497 g/mol. The number of carbonyl (C=O) groups is 2. The molecule has 0 saturated heterocycles. The van der Waals surface area contributed by atoms with E-state index in [9.17, 15) is 19.5 Å². The number of aromatic nitrogens is 2. The average Bonchev–Trinajstić information content (AvgIpc) is 3.10. The van der Waals surface area contributed by atoms with Gasteiger partial charge in [-0.15, -0.1) is 0 Å². The number of hydrogen-bond donors (Lipinski definition) is 1. The molecule has 0 radical (unpaired) electrons. The maximum Gasteiger partial charge on any atom is 0.338 e. The van der Waals surface area contributed by atoms with Crippen molar-refractivity contribution >= 4 is 35.0 Å². The molecule has 0 aliphatic carbocycles. The molecule has 0 spiro atoms. The minimum absolute atomic E-state index is 0.0504. The number of benzene rings is 3. The van der Waals surface area contributed by atoms with Crippen molar-refractivity contribution in [2.24, 2.45) is 0 Å². The number of halogens is 2. The molecular weight excluding hydrogens is 479 g/mol. The highest BCUT2D eigenvalue weighted by atomic mass is 35.5. The predicted molar refractivity (Wildman–Crippen MR) is 129 cm³/mol. The third-order valence-corrected chi connectivity index (χ3v) is 5.54. The number of ketones is 1. The predicted octanol–water partition coefficient (Wildman–Crippen LogP) is 5.05. The van der Waals surface area contributed by atoms with Crippen LogP contribution in [0.15, 0.2) is 77.6 Å². The lowest BCUT2D eigenvalue weighted by atomic mass is 10.0. The second-order valence-corrected chi connectivity index (χ2v) is 8.08. The fourth-order valence-electron chi connectivity index (χ4n) is 3.47. The van der Waals surface area contributed by atoms with Crippen LogP contribution in [0.3, 0.4) is 0 Å². The molecule has 0 fully saturated rings. The Kier molecular flexibility index (Phi) is 6.58. The molecule has 0 bridgehead atoms. The highest BCUT2D eigenvalue weighted by Gasteiger charge is 2.28. The lowest BCUT2D eigenvalue weighted by Crippen LogP contribution is -2.23. The van der Waals surface area contributed by atoms with Crippen molar-refractivity contribution < 1.29 is 19.4 Å². The summed E-state index contributed by atoms with van der Waals surface area (Å²) >= 11 is 12.0. The van der Waals surface area contributed by atoms with E-state index in [4.69, 9.17) is 27.9 Å². The van der Waals surface area contributed by atoms with Crippen LogP contribution < -0.4 is 5.56 Å². The zero-order chi connectivity index (χ0) is 24.4. The van der Waals surface area contributed by atoms with Gasteiger partial charge in [0.05, 0.1) is 23.5 Å². The molecule has 4 rings (SSSR count). The molecule has 0 atom stereocenters. The van der Waals surface area contributed by atoms with Crippen LogP contribution in [-0.4, -0.2) is 32.8 Å². The highest BCUT2D eigenvalue weighted by molar-refractivity contribution is 6.30. The molecule has 0 unspecified atom stereocenters. The van der Waals surface area contributed by atoms with Crippen LogP contribution in [0.4, 0.5) is 0 Å². The number of aromatic hydroxyl groups is 1. The quantitative estimate of drug-likeness (QED) is 0.298. The van der Waals surface area contributed by atoms with Crippen molar-refractivity contribution in [2.75, 3.05) is 6.61 Å². The fourth-order valence-corrected chi connectivity index (χ4v) is 3.72. The summed E-state index contributed by atoms with van der Waals surface area (Å²) in [5.74, 6) is -1.91. The summed E-state index contributed by atoms with van der Waals surface area (Å²) in [4.78, 5) is 39.0. The van der Waals surface area contributed by atoms with Gasteiger partial charge in [-0.3, -0.25) is 9.59 Å². The molecule has 34 heavy (non-hydrogen) atoms. The Balaban J connectivity index is 1.92. The smallest absolute Gasteiger partial charge is 0.338 e. The first-order valence-electron chi connectivity index (χ1n) is 10.2. The Morgan fingerprint density at radius 3 is 1.94 bits per heavy atom. The van der Waals surface area contributed by atoms with E-state index in [0.717, 1.165) is 4.68 Å². The van der Waals surface area contributed by atoms with E-state index >= 15 is 0 Å². The molecule has 3 aromatic carbocycles. The zero-order valence-electron chi connectivity index (χ0n) is 17.9. The maximum atomic E-state index is 13.5. The molecule has 1 heterocycles. The van der Waals surface area contributed by atoms with E-state index in [-0.39, 0.29) is 17.7 Å². The van der Waals surface area contributed by atoms with E-state index < -0.39 is 28.8 Å². The largest absolute Gasteiger partial charge is 0.493 e. The molecule has 9 heteroatoms. The van der Waals surface area contributed by atoms with Gasteiger partial charge < -0.3 is 9.84 Å². The summed E-state index contributed by atoms with van der Waals surface area (Å²) in [7, 11) is 0. The van der Waals surface area contributed by atoms with Crippen LogP contribution in [0.25, 0.3) is 11.4 Å². The van der Waals surface area contributed by atoms with Gasteiger partial charge in [0.2, 0.25) is 11.7 Å². The molecule has 0 saturated carbocycles. The van der Waals surface area contributed by atoms with Crippen molar-refractivity contribution in [3.8, 4) is 17.3 Å². The molecular formula is C25H18Cl2N2O5. The third kappa shape index (κ3) is 4.35. The Bertz CT molecular complexity index is 1440. The van der Waals surface area contributed by atoms with Crippen LogP contribution in [-0.2, 0) is 4.74 Å². The number of carbonyl (C=O) groups excluding carboxylic acids is 2. The lowest BCUT2D eigenvalue weighted by Gasteiger charge is -2.12. The SMILES string of the molecule is CCOC(=O)c1cccc(C(=O)c2c(O)n(-c3ccc(Cl)cc3)n(-c3ccc(Cl)cc3)c2=O)c1. The molecule has 1 N–H and O–H groups in total. The Labute approximate surface area is 204 Å². The standard InChI is InChI=1S/C25H18Cl2N2O5/c1-2-34-25(33)16-5-3-4-15(14-16)22(30)21-23(31)28(19-10-6-17(26)7-11-19)29(24(21)32)20-12-8-18(27)9-13-20/h3-14,31H,2H2,1H3. The first-order valence-corrected chi connectivity index (χ1v) is 11.0. The van der Waals surface area contributed by atoms with Gasteiger partial charge in [-0.05, 0) is 67.6 Å². The number of hydrogen-bond acceptors (Lipinski definition) is 5. The molecule has 0 aliphatic rings. The van der Waals surface area contributed by atoms with Crippen molar-refractivity contribution in [3.63, 3.8) is 0 Å². The van der Waals surface area contributed by atoms with Gasteiger partial charge >= 0.3 is 5.97 Å². The maximum absolute atomic E-state index is 13.5.